The molecule has 21 heavy (non-hydrogen) atoms. The summed E-state index contributed by atoms with van der Waals surface area (Å²) >= 11 is 9.36. The van der Waals surface area contributed by atoms with E-state index in [1.165, 1.54) is 17.0 Å². The molecule has 0 spiro atoms. The Hall–Kier alpha value is -1.72. The molecule has 0 N–H and O–H groups in total. The monoisotopic (exact) mass is 367 g/mol. The van der Waals surface area contributed by atoms with Crippen molar-refractivity contribution < 1.29 is 14.0 Å². The molecule has 0 radical (unpaired) electrons. The van der Waals surface area contributed by atoms with Gasteiger partial charge in [-0.05, 0) is 29.8 Å². The second kappa shape index (κ2) is 5.24. The summed E-state index contributed by atoms with van der Waals surface area (Å²) in [5.41, 5.74) is 1.39. The largest absolute Gasteiger partial charge is 0.299 e. The van der Waals surface area contributed by atoms with Crippen molar-refractivity contribution in [2.45, 2.75) is 6.54 Å². The first-order chi connectivity index (χ1) is 9.99. The van der Waals surface area contributed by atoms with Crippen LogP contribution in [0.4, 0.5) is 10.1 Å². The molecule has 0 saturated heterocycles. The van der Waals surface area contributed by atoms with E-state index in [0.717, 1.165) is 0 Å². The van der Waals surface area contributed by atoms with E-state index in [9.17, 15) is 14.0 Å². The lowest BCUT2D eigenvalue weighted by molar-refractivity contribution is -0.114. The van der Waals surface area contributed by atoms with Gasteiger partial charge in [0.1, 0.15) is 5.82 Å². The molecule has 1 heterocycles. The molecule has 0 atom stereocenters. The number of carbonyl (C=O) groups excluding carboxylic acids is 2. The standard InChI is InChI=1S/C15H8BrClFNO2/c16-11-6-9(18)5-4-8(11)7-19-13-10(14(20)15(19)21)2-1-3-12(13)17/h1-6H,7H2. The van der Waals surface area contributed by atoms with Crippen LogP contribution in [0.3, 0.4) is 0 Å². The number of fused-ring (bicyclic) bond motifs is 1. The number of ketones is 1. The summed E-state index contributed by atoms with van der Waals surface area (Å²) in [6.07, 6.45) is 0. The average Bonchev–Trinajstić information content (AvgIpc) is 2.68. The Kier molecular flexibility index (Phi) is 3.55. The minimum atomic E-state index is -0.630. The number of rotatable bonds is 2. The van der Waals surface area contributed by atoms with Crippen LogP contribution < -0.4 is 4.90 Å². The van der Waals surface area contributed by atoms with Crippen LogP contribution in [-0.2, 0) is 11.3 Å². The predicted molar refractivity (Wildman–Crippen MR) is 81.1 cm³/mol. The Labute approximate surface area is 133 Å². The van der Waals surface area contributed by atoms with E-state index >= 15 is 0 Å². The zero-order valence-corrected chi connectivity index (χ0v) is 12.9. The van der Waals surface area contributed by atoms with Crippen molar-refractivity contribution >= 4 is 44.9 Å². The molecule has 1 aliphatic heterocycles. The Balaban J connectivity index is 2.04. The fraction of sp³-hybridized carbons (Fsp3) is 0.0667. The highest BCUT2D eigenvalue weighted by molar-refractivity contribution is 9.10. The van der Waals surface area contributed by atoms with E-state index in [0.29, 0.717) is 26.3 Å². The number of benzene rings is 2. The molecule has 0 unspecified atom stereocenters. The number of nitrogens with zero attached hydrogens (tertiary/aromatic N) is 1. The van der Waals surface area contributed by atoms with Crippen molar-refractivity contribution in [3.05, 3.63) is 62.8 Å². The highest BCUT2D eigenvalue weighted by Gasteiger charge is 2.37. The predicted octanol–water partition coefficient (Wildman–Crippen LogP) is 3.97. The minimum absolute atomic E-state index is 0.141. The van der Waals surface area contributed by atoms with Crippen molar-refractivity contribution in [2.75, 3.05) is 4.90 Å². The summed E-state index contributed by atoms with van der Waals surface area (Å²) in [5.74, 6) is -1.59. The third-order valence-corrected chi connectivity index (χ3v) is 4.33. The van der Waals surface area contributed by atoms with Crippen molar-refractivity contribution in [3.63, 3.8) is 0 Å². The maximum atomic E-state index is 13.1. The van der Waals surface area contributed by atoms with Gasteiger partial charge in [-0.2, -0.15) is 0 Å². The van der Waals surface area contributed by atoms with Gasteiger partial charge in [-0.1, -0.05) is 39.7 Å². The molecule has 2 aromatic carbocycles. The van der Waals surface area contributed by atoms with Gasteiger partial charge in [0.05, 0.1) is 22.8 Å². The lowest BCUT2D eigenvalue weighted by atomic mass is 10.1. The number of anilines is 1. The third kappa shape index (κ3) is 2.36. The van der Waals surface area contributed by atoms with E-state index in [2.05, 4.69) is 15.9 Å². The quantitative estimate of drug-likeness (QED) is 0.752. The third-order valence-electron chi connectivity index (χ3n) is 3.28. The zero-order valence-electron chi connectivity index (χ0n) is 10.6. The highest BCUT2D eigenvalue weighted by Crippen LogP contribution is 2.37. The van der Waals surface area contributed by atoms with Gasteiger partial charge in [-0.15, -0.1) is 0 Å². The zero-order chi connectivity index (χ0) is 15.1. The van der Waals surface area contributed by atoms with Gasteiger partial charge < -0.3 is 0 Å². The summed E-state index contributed by atoms with van der Waals surface area (Å²) in [7, 11) is 0. The first-order valence-corrected chi connectivity index (χ1v) is 7.25. The maximum Gasteiger partial charge on any atom is 0.299 e. The summed E-state index contributed by atoms with van der Waals surface area (Å²) in [6.45, 7) is 0.141. The fourth-order valence-electron chi connectivity index (χ4n) is 2.28. The minimum Gasteiger partial charge on any atom is -0.299 e. The van der Waals surface area contributed by atoms with Gasteiger partial charge in [0.2, 0.25) is 0 Å². The number of Topliss-reactive ketones (excluding diaryl/α,β-unsaturated/α-hetero) is 1. The molecular weight excluding hydrogens is 361 g/mol. The highest BCUT2D eigenvalue weighted by atomic mass is 79.9. The molecule has 3 nitrogen and oxygen atoms in total. The van der Waals surface area contributed by atoms with Gasteiger partial charge in [-0.3, -0.25) is 14.5 Å². The molecule has 106 valence electrons. The van der Waals surface area contributed by atoms with Crippen LogP contribution in [-0.4, -0.2) is 11.7 Å². The van der Waals surface area contributed by atoms with Crippen LogP contribution in [0.15, 0.2) is 40.9 Å². The lowest BCUT2D eigenvalue weighted by Gasteiger charge is -2.18. The van der Waals surface area contributed by atoms with E-state index in [-0.39, 0.29) is 12.4 Å². The molecular formula is C15H8BrClFNO2. The topological polar surface area (TPSA) is 37.4 Å². The lowest BCUT2D eigenvalue weighted by Crippen LogP contribution is -2.29. The molecule has 6 heteroatoms. The first-order valence-electron chi connectivity index (χ1n) is 6.07. The van der Waals surface area contributed by atoms with Crippen molar-refractivity contribution in [1.82, 2.24) is 0 Å². The van der Waals surface area contributed by atoms with Crippen molar-refractivity contribution in [2.24, 2.45) is 0 Å². The fourth-order valence-corrected chi connectivity index (χ4v) is 3.04. The van der Waals surface area contributed by atoms with Gasteiger partial charge in [0.25, 0.3) is 11.7 Å². The summed E-state index contributed by atoms with van der Waals surface area (Å²) in [4.78, 5) is 25.4. The summed E-state index contributed by atoms with van der Waals surface area (Å²) in [5, 5.41) is 0.338. The molecule has 2 aromatic rings. The van der Waals surface area contributed by atoms with E-state index < -0.39 is 11.7 Å². The average molecular weight is 369 g/mol. The SMILES string of the molecule is O=C1C(=O)N(Cc2ccc(F)cc2Br)c2c(Cl)cccc21. The molecule has 0 saturated carbocycles. The molecule has 0 fully saturated rings. The van der Waals surface area contributed by atoms with Crippen LogP contribution in [0.2, 0.25) is 5.02 Å². The number of para-hydroxylation sites is 1. The van der Waals surface area contributed by atoms with Crippen LogP contribution in [0.25, 0.3) is 0 Å². The number of halogens is 3. The number of amides is 1. The molecule has 3 rings (SSSR count). The normalized spacial score (nSPS) is 13.8. The molecule has 1 aliphatic rings. The van der Waals surface area contributed by atoms with E-state index in [1.807, 2.05) is 0 Å². The Morgan fingerprint density at radius 1 is 1.19 bits per heavy atom. The summed E-state index contributed by atoms with van der Waals surface area (Å²) in [6, 6.07) is 9.00. The van der Waals surface area contributed by atoms with Crippen molar-refractivity contribution in [3.8, 4) is 0 Å². The number of carbonyl (C=O) groups is 2. The first kappa shape index (κ1) is 14.2. The molecule has 1 amide bonds. The van der Waals surface area contributed by atoms with Crippen molar-refractivity contribution in [1.29, 1.82) is 0 Å². The molecule has 0 bridgehead atoms. The van der Waals surface area contributed by atoms with Gasteiger partial charge >= 0.3 is 0 Å². The van der Waals surface area contributed by atoms with E-state index in [4.69, 9.17) is 11.6 Å². The number of hydrogen-bond acceptors (Lipinski definition) is 2. The second-order valence-electron chi connectivity index (χ2n) is 4.59. The Bertz CT molecular complexity index is 778. The molecule has 0 aliphatic carbocycles. The van der Waals surface area contributed by atoms with Crippen LogP contribution in [0, 0.1) is 5.82 Å². The maximum absolute atomic E-state index is 13.1. The van der Waals surface area contributed by atoms with Crippen LogP contribution >= 0.6 is 27.5 Å². The number of hydrogen-bond donors (Lipinski definition) is 0. The Morgan fingerprint density at radius 3 is 2.67 bits per heavy atom. The summed E-state index contributed by atoms with van der Waals surface area (Å²) < 4.78 is 13.6. The van der Waals surface area contributed by atoms with E-state index in [1.54, 1.807) is 24.3 Å². The van der Waals surface area contributed by atoms with Gasteiger partial charge in [0, 0.05) is 4.47 Å². The van der Waals surface area contributed by atoms with Gasteiger partial charge in [-0.25, -0.2) is 4.39 Å². The Morgan fingerprint density at radius 2 is 1.95 bits per heavy atom. The van der Waals surface area contributed by atoms with Gasteiger partial charge in [0.15, 0.2) is 0 Å². The smallest absolute Gasteiger partial charge is 0.299 e. The van der Waals surface area contributed by atoms with Crippen LogP contribution in [0.1, 0.15) is 15.9 Å². The van der Waals surface area contributed by atoms with Crippen LogP contribution in [0.5, 0.6) is 0 Å². The molecule has 0 aromatic heterocycles. The second-order valence-corrected chi connectivity index (χ2v) is 5.85.